The first kappa shape index (κ1) is 22.8. The molecule has 0 radical (unpaired) electrons. The van der Waals surface area contributed by atoms with E-state index in [1.54, 1.807) is 6.07 Å². The number of carboxylic acids is 1. The van der Waals surface area contributed by atoms with E-state index in [1.165, 1.54) is 18.6 Å². The quantitative estimate of drug-likeness (QED) is 0.303. The van der Waals surface area contributed by atoms with Crippen molar-refractivity contribution in [2.75, 3.05) is 0 Å². The minimum atomic E-state index is -1.61. The summed E-state index contributed by atoms with van der Waals surface area (Å²) < 4.78 is 0. The molecule has 2 heterocycles. The molecule has 2 aromatic heterocycles. The molecule has 0 aliphatic rings. The predicted octanol–water partition coefficient (Wildman–Crippen LogP) is 2.71. The minimum absolute atomic E-state index is 0.146. The zero-order chi connectivity index (χ0) is 23.9. The van der Waals surface area contributed by atoms with Gasteiger partial charge < -0.3 is 15.5 Å². The van der Waals surface area contributed by atoms with Crippen molar-refractivity contribution in [3.63, 3.8) is 0 Å². The Morgan fingerprint density at radius 3 is 2.38 bits per heavy atom. The molecule has 1 amide bonds. The molecule has 4 rings (SSSR count). The van der Waals surface area contributed by atoms with Crippen LogP contribution in [-0.2, 0) is 11.2 Å². The summed E-state index contributed by atoms with van der Waals surface area (Å²) in [5.41, 5.74) is 4.18. The molecule has 0 aliphatic heterocycles. The van der Waals surface area contributed by atoms with Crippen molar-refractivity contribution in [2.45, 2.75) is 25.0 Å². The number of benzene rings is 2. The lowest BCUT2D eigenvalue weighted by Gasteiger charge is -2.20. The fourth-order valence-corrected chi connectivity index (χ4v) is 3.58. The maximum absolute atomic E-state index is 12.8. The smallest absolute Gasteiger partial charge is 0.332 e. The molecule has 4 aromatic rings. The number of hydrogen-bond acceptors (Lipinski definition) is 6. The van der Waals surface area contributed by atoms with Crippen LogP contribution in [0.15, 0.2) is 79.3 Å². The van der Waals surface area contributed by atoms with Crippen LogP contribution in [0.5, 0.6) is 0 Å². The van der Waals surface area contributed by atoms with E-state index < -0.39 is 24.0 Å². The van der Waals surface area contributed by atoms with Crippen LogP contribution in [0.4, 0.5) is 0 Å². The zero-order valence-electron chi connectivity index (χ0n) is 18.1. The van der Waals surface area contributed by atoms with Gasteiger partial charge >= 0.3 is 5.97 Å². The van der Waals surface area contributed by atoms with Gasteiger partial charge in [-0.1, -0.05) is 54.6 Å². The zero-order valence-corrected chi connectivity index (χ0v) is 18.1. The minimum Gasteiger partial charge on any atom is -0.479 e. The normalized spacial score (nSPS) is 12.6. The standard InChI is InChI=1S/C25H23N5O4/c31-23(25(33)34)13-19(12-16-6-8-18(9-7-16)17-4-2-1-3-5-17)28-24(32)21-14-20(29-30-21)22-15-26-10-11-27-22/h1-11,14-15,19,23,31H,12-13H2,(H,28,32)(H,29,30)(H,33,34)/t19?,23-/m1/s1. The largest absolute Gasteiger partial charge is 0.479 e. The Morgan fingerprint density at radius 2 is 1.71 bits per heavy atom. The second-order valence-electron chi connectivity index (χ2n) is 7.78. The lowest BCUT2D eigenvalue weighted by Crippen LogP contribution is -2.40. The van der Waals surface area contributed by atoms with Crippen molar-refractivity contribution in [3.05, 3.63) is 90.5 Å². The van der Waals surface area contributed by atoms with Crippen LogP contribution in [-0.4, -0.2) is 54.4 Å². The highest BCUT2D eigenvalue weighted by atomic mass is 16.4. The van der Waals surface area contributed by atoms with Gasteiger partial charge in [-0.15, -0.1) is 0 Å². The van der Waals surface area contributed by atoms with Crippen molar-refractivity contribution in [1.82, 2.24) is 25.5 Å². The number of H-pyrrole nitrogens is 1. The van der Waals surface area contributed by atoms with Crippen LogP contribution in [0.1, 0.15) is 22.5 Å². The number of aliphatic hydroxyl groups excluding tert-OH is 1. The summed E-state index contributed by atoms with van der Waals surface area (Å²) >= 11 is 0. The SMILES string of the molecule is O=C(NC(Cc1ccc(-c2ccccc2)cc1)C[C@@H](O)C(=O)O)c1cc(-c2cnccn2)n[nH]1. The molecule has 172 valence electrons. The van der Waals surface area contributed by atoms with Crippen LogP contribution >= 0.6 is 0 Å². The van der Waals surface area contributed by atoms with Crippen molar-refractivity contribution in [2.24, 2.45) is 0 Å². The molecule has 34 heavy (non-hydrogen) atoms. The molecule has 0 spiro atoms. The van der Waals surface area contributed by atoms with Crippen LogP contribution in [0.25, 0.3) is 22.5 Å². The van der Waals surface area contributed by atoms with E-state index in [9.17, 15) is 14.7 Å². The Kier molecular flexibility index (Phi) is 7.04. The number of aliphatic carboxylic acids is 1. The average Bonchev–Trinajstić information content (AvgIpc) is 3.36. The molecule has 0 fully saturated rings. The molecule has 0 saturated carbocycles. The summed E-state index contributed by atoms with van der Waals surface area (Å²) in [4.78, 5) is 32.2. The van der Waals surface area contributed by atoms with Gasteiger partial charge in [-0.05, 0) is 29.2 Å². The van der Waals surface area contributed by atoms with Crippen molar-refractivity contribution in [3.8, 4) is 22.5 Å². The van der Waals surface area contributed by atoms with E-state index in [4.69, 9.17) is 5.11 Å². The number of aliphatic hydroxyl groups is 1. The maximum Gasteiger partial charge on any atom is 0.332 e. The van der Waals surface area contributed by atoms with E-state index in [0.29, 0.717) is 17.8 Å². The third kappa shape index (κ3) is 5.70. The number of aromatic amines is 1. The monoisotopic (exact) mass is 457 g/mol. The van der Waals surface area contributed by atoms with Crippen LogP contribution < -0.4 is 5.32 Å². The summed E-state index contributed by atoms with van der Waals surface area (Å²) in [6, 6.07) is 18.6. The molecular formula is C25H23N5O4. The van der Waals surface area contributed by atoms with Gasteiger partial charge in [0, 0.05) is 24.9 Å². The van der Waals surface area contributed by atoms with Gasteiger partial charge in [-0.25, -0.2) is 4.79 Å². The number of rotatable bonds is 9. The van der Waals surface area contributed by atoms with E-state index in [1.807, 2.05) is 54.6 Å². The molecule has 1 unspecified atom stereocenters. The Hall–Kier alpha value is -4.37. The van der Waals surface area contributed by atoms with Gasteiger partial charge in [-0.3, -0.25) is 19.9 Å². The van der Waals surface area contributed by atoms with E-state index in [2.05, 4.69) is 25.5 Å². The highest BCUT2D eigenvalue weighted by molar-refractivity contribution is 5.93. The number of hydrogen-bond donors (Lipinski definition) is 4. The third-order valence-corrected chi connectivity index (χ3v) is 5.32. The summed E-state index contributed by atoms with van der Waals surface area (Å²) in [5.74, 6) is -1.81. The molecular weight excluding hydrogens is 434 g/mol. The van der Waals surface area contributed by atoms with Gasteiger partial charge in [0.25, 0.3) is 5.91 Å². The van der Waals surface area contributed by atoms with Crippen LogP contribution in [0.3, 0.4) is 0 Å². The van der Waals surface area contributed by atoms with Gasteiger partial charge in [-0.2, -0.15) is 5.10 Å². The molecule has 2 aromatic carbocycles. The van der Waals surface area contributed by atoms with E-state index in [-0.39, 0.29) is 12.1 Å². The fraction of sp³-hybridized carbons (Fsp3) is 0.160. The van der Waals surface area contributed by atoms with Gasteiger partial charge in [0.15, 0.2) is 6.10 Å². The molecule has 4 N–H and O–H groups in total. The van der Waals surface area contributed by atoms with Crippen molar-refractivity contribution >= 4 is 11.9 Å². The lowest BCUT2D eigenvalue weighted by molar-refractivity contribution is -0.147. The molecule has 0 aliphatic carbocycles. The third-order valence-electron chi connectivity index (χ3n) is 5.32. The van der Waals surface area contributed by atoms with Crippen LogP contribution in [0.2, 0.25) is 0 Å². The highest BCUT2D eigenvalue weighted by Crippen LogP contribution is 2.20. The second kappa shape index (κ2) is 10.5. The second-order valence-corrected chi connectivity index (χ2v) is 7.78. The van der Waals surface area contributed by atoms with Gasteiger partial charge in [0.1, 0.15) is 17.1 Å². The Balaban J connectivity index is 1.48. The highest BCUT2D eigenvalue weighted by Gasteiger charge is 2.23. The van der Waals surface area contributed by atoms with Gasteiger partial charge in [0.05, 0.1) is 6.20 Å². The topological polar surface area (TPSA) is 141 Å². The summed E-state index contributed by atoms with van der Waals surface area (Å²) in [6.07, 6.45) is 3.18. The maximum atomic E-state index is 12.8. The number of carbonyl (C=O) groups is 2. The summed E-state index contributed by atoms with van der Waals surface area (Å²) in [7, 11) is 0. The lowest BCUT2D eigenvalue weighted by atomic mass is 9.97. The summed E-state index contributed by atoms with van der Waals surface area (Å²) in [5, 5.41) is 28.6. The fourth-order valence-electron chi connectivity index (χ4n) is 3.58. The Morgan fingerprint density at radius 1 is 0.971 bits per heavy atom. The molecule has 9 nitrogen and oxygen atoms in total. The number of amides is 1. The van der Waals surface area contributed by atoms with Crippen molar-refractivity contribution < 1.29 is 19.8 Å². The molecule has 0 saturated heterocycles. The molecule has 2 atom stereocenters. The first-order valence-electron chi connectivity index (χ1n) is 10.7. The number of nitrogens with zero attached hydrogens (tertiary/aromatic N) is 3. The Bertz CT molecular complexity index is 1240. The average molecular weight is 457 g/mol. The first-order valence-corrected chi connectivity index (χ1v) is 10.7. The van der Waals surface area contributed by atoms with E-state index >= 15 is 0 Å². The van der Waals surface area contributed by atoms with Crippen molar-refractivity contribution in [1.29, 1.82) is 0 Å². The number of carboxylic acid groups (broad SMARTS) is 1. The van der Waals surface area contributed by atoms with Gasteiger partial charge in [0.2, 0.25) is 0 Å². The molecule has 9 heteroatoms. The number of nitrogens with one attached hydrogen (secondary N) is 2. The predicted molar refractivity (Wildman–Crippen MR) is 125 cm³/mol. The number of aromatic nitrogens is 4. The number of carbonyl (C=O) groups excluding carboxylic acids is 1. The summed E-state index contributed by atoms with van der Waals surface area (Å²) in [6.45, 7) is 0. The molecule has 0 bridgehead atoms. The van der Waals surface area contributed by atoms with Crippen LogP contribution in [0, 0.1) is 0 Å². The Labute approximate surface area is 195 Å². The van der Waals surface area contributed by atoms with E-state index in [0.717, 1.165) is 16.7 Å². The first-order chi connectivity index (χ1) is 16.5.